The summed E-state index contributed by atoms with van der Waals surface area (Å²) in [5.41, 5.74) is 21.0. The minimum absolute atomic E-state index is 0.693. The molecule has 170 valence electrons. The van der Waals surface area contributed by atoms with Crippen LogP contribution in [0.1, 0.15) is 0 Å². The molecule has 0 aliphatic carbocycles. The van der Waals surface area contributed by atoms with Crippen LogP contribution in [0.2, 0.25) is 0 Å². The zero-order valence-electron chi connectivity index (χ0n) is 19.2. The van der Waals surface area contributed by atoms with Crippen LogP contribution < -0.4 is 11.5 Å². The van der Waals surface area contributed by atoms with Crippen molar-refractivity contribution >= 4 is 55.0 Å². The summed E-state index contributed by atoms with van der Waals surface area (Å²) in [6.07, 6.45) is 3.56. The van der Waals surface area contributed by atoms with Crippen LogP contribution in [0.15, 0.2) is 97.3 Å². The molecule has 4 aromatic heterocycles. The van der Waals surface area contributed by atoms with Gasteiger partial charge in [0.2, 0.25) is 0 Å². The molecule has 7 aromatic rings. The van der Waals surface area contributed by atoms with Gasteiger partial charge in [-0.05, 0) is 54.6 Å². The van der Waals surface area contributed by atoms with E-state index in [0.717, 1.165) is 66.1 Å². The number of nitrogen functional groups attached to an aromatic ring is 2. The second-order valence-corrected chi connectivity index (χ2v) is 8.85. The Morgan fingerprint density at radius 1 is 0.472 bits per heavy atom. The number of benzene rings is 3. The van der Waals surface area contributed by atoms with Crippen molar-refractivity contribution in [3.05, 3.63) is 97.3 Å². The zero-order chi connectivity index (χ0) is 24.2. The molecule has 6 nitrogen and oxygen atoms in total. The lowest BCUT2D eigenvalue weighted by molar-refractivity contribution is 1.36. The van der Waals surface area contributed by atoms with Gasteiger partial charge < -0.3 is 11.5 Å². The quantitative estimate of drug-likeness (QED) is 0.227. The molecule has 7 rings (SSSR count). The number of hydrogen-bond donors (Lipinski definition) is 2. The van der Waals surface area contributed by atoms with E-state index in [4.69, 9.17) is 21.4 Å². The Morgan fingerprint density at radius 2 is 0.972 bits per heavy atom. The SMILES string of the molecule is Nc1cc2cccnc2c2nc(-c3cccc(-c4ccc5c(N)cc6cccnc6c5n4)c3)ccc12. The summed E-state index contributed by atoms with van der Waals surface area (Å²) >= 11 is 0. The average molecular weight is 465 g/mol. The fraction of sp³-hybridized carbons (Fsp3) is 0. The van der Waals surface area contributed by atoms with E-state index in [1.165, 1.54) is 0 Å². The molecule has 6 heteroatoms. The number of nitrogens with two attached hydrogens (primary N) is 2. The van der Waals surface area contributed by atoms with Crippen molar-refractivity contribution in [1.29, 1.82) is 0 Å². The molecule has 4 N–H and O–H groups in total. The maximum absolute atomic E-state index is 6.32. The van der Waals surface area contributed by atoms with Crippen LogP contribution in [0, 0.1) is 0 Å². The monoisotopic (exact) mass is 464 g/mol. The van der Waals surface area contributed by atoms with Gasteiger partial charge in [0.15, 0.2) is 0 Å². The molecule has 4 heterocycles. The highest BCUT2D eigenvalue weighted by Gasteiger charge is 2.12. The van der Waals surface area contributed by atoms with E-state index >= 15 is 0 Å². The summed E-state index contributed by atoms with van der Waals surface area (Å²) < 4.78 is 0. The molecule has 0 saturated carbocycles. The van der Waals surface area contributed by atoms with Crippen molar-refractivity contribution in [2.45, 2.75) is 0 Å². The lowest BCUT2D eigenvalue weighted by Gasteiger charge is -2.10. The van der Waals surface area contributed by atoms with Crippen LogP contribution in [0.4, 0.5) is 11.4 Å². The first-order chi connectivity index (χ1) is 17.7. The molecule has 0 spiro atoms. The number of nitrogens with zero attached hydrogens (tertiary/aromatic N) is 4. The van der Waals surface area contributed by atoms with Crippen molar-refractivity contribution in [1.82, 2.24) is 19.9 Å². The van der Waals surface area contributed by atoms with Crippen LogP contribution in [-0.4, -0.2) is 19.9 Å². The molecule has 36 heavy (non-hydrogen) atoms. The van der Waals surface area contributed by atoms with Crippen LogP contribution in [0.25, 0.3) is 66.1 Å². The zero-order valence-corrected chi connectivity index (χ0v) is 19.2. The van der Waals surface area contributed by atoms with Gasteiger partial charge in [-0.3, -0.25) is 9.97 Å². The van der Waals surface area contributed by atoms with Gasteiger partial charge in [0.05, 0.1) is 33.5 Å². The van der Waals surface area contributed by atoms with Gasteiger partial charge >= 0.3 is 0 Å². The third kappa shape index (κ3) is 3.12. The molecule has 0 unspecified atom stereocenters. The van der Waals surface area contributed by atoms with E-state index in [9.17, 15) is 0 Å². The summed E-state index contributed by atoms with van der Waals surface area (Å²) in [5.74, 6) is 0. The molecule has 0 aliphatic heterocycles. The molecule has 0 radical (unpaired) electrons. The van der Waals surface area contributed by atoms with Gasteiger partial charge in [0.25, 0.3) is 0 Å². The fourth-order valence-electron chi connectivity index (χ4n) is 4.86. The van der Waals surface area contributed by atoms with E-state index in [0.29, 0.717) is 11.4 Å². The molecule has 0 amide bonds. The van der Waals surface area contributed by atoms with Gasteiger partial charge in [-0.2, -0.15) is 0 Å². The van der Waals surface area contributed by atoms with Gasteiger partial charge in [0, 0.05) is 56.4 Å². The lowest BCUT2D eigenvalue weighted by atomic mass is 10.0. The van der Waals surface area contributed by atoms with E-state index in [-0.39, 0.29) is 0 Å². The highest BCUT2D eigenvalue weighted by Crippen LogP contribution is 2.33. The van der Waals surface area contributed by atoms with E-state index in [2.05, 4.69) is 28.2 Å². The maximum Gasteiger partial charge on any atom is 0.0992 e. The smallest absolute Gasteiger partial charge is 0.0992 e. The van der Waals surface area contributed by atoms with Crippen molar-refractivity contribution in [3.63, 3.8) is 0 Å². The topological polar surface area (TPSA) is 104 Å². The minimum Gasteiger partial charge on any atom is -0.398 e. The Morgan fingerprint density at radius 3 is 1.47 bits per heavy atom. The standard InChI is InChI=1S/C30H20N6/c31-23-15-19-6-2-12-33-27(19)29-21(23)8-10-25(35-29)17-4-1-5-18(14-17)26-11-9-22-24(32)16-20-7-3-13-34-28(20)30(22)36-26/h1-16H,31-32H2. The van der Waals surface area contributed by atoms with Crippen molar-refractivity contribution in [2.24, 2.45) is 0 Å². The van der Waals surface area contributed by atoms with E-state index in [1.54, 1.807) is 12.4 Å². The second kappa shape index (κ2) is 7.71. The van der Waals surface area contributed by atoms with Crippen molar-refractivity contribution in [3.8, 4) is 22.5 Å². The summed E-state index contributed by atoms with van der Waals surface area (Å²) in [6.45, 7) is 0. The fourth-order valence-corrected chi connectivity index (χ4v) is 4.86. The molecule has 0 atom stereocenters. The Kier molecular flexibility index (Phi) is 4.35. The number of rotatable bonds is 2. The molecular weight excluding hydrogens is 444 g/mol. The number of aromatic nitrogens is 4. The maximum atomic E-state index is 6.32. The molecule has 3 aromatic carbocycles. The Hall–Kier alpha value is -5.10. The van der Waals surface area contributed by atoms with Crippen LogP contribution in [0.5, 0.6) is 0 Å². The van der Waals surface area contributed by atoms with Gasteiger partial charge in [0.1, 0.15) is 0 Å². The Balaban J connectivity index is 1.39. The molecule has 0 saturated heterocycles. The molecular formula is C30H20N6. The van der Waals surface area contributed by atoms with Crippen LogP contribution >= 0.6 is 0 Å². The summed E-state index contributed by atoms with van der Waals surface area (Å²) in [5, 5.41) is 3.74. The van der Waals surface area contributed by atoms with E-state index < -0.39 is 0 Å². The summed E-state index contributed by atoms with van der Waals surface area (Å²) in [6, 6.07) is 28.0. The third-order valence-corrected chi connectivity index (χ3v) is 6.62. The predicted molar refractivity (Wildman–Crippen MR) is 147 cm³/mol. The van der Waals surface area contributed by atoms with Crippen molar-refractivity contribution < 1.29 is 0 Å². The first-order valence-electron chi connectivity index (χ1n) is 11.6. The van der Waals surface area contributed by atoms with Crippen LogP contribution in [-0.2, 0) is 0 Å². The van der Waals surface area contributed by atoms with Gasteiger partial charge in [-0.25, -0.2) is 9.97 Å². The van der Waals surface area contributed by atoms with Gasteiger partial charge in [-0.15, -0.1) is 0 Å². The number of pyridine rings is 4. The predicted octanol–water partition coefficient (Wildman–Crippen LogP) is 6.38. The number of fused-ring (bicyclic) bond motifs is 6. The molecule has 0 bridgehead atoms. The largest absolute Gasteiger partial charge is 0.398 e. The minimum atomic E-state index is 0.693. The third-order valence-electron chi connectivity index (χ3n) is 6.62. The Labute approximate surface area is 206 Å². The highest BCUT2D eigenvalue weighted by atomic mass is 14.8. The van der Waals surface area contributed by atoms with Crippen LogP contribution in [0.3, 0.4) is 0 Å². The summed E-state index contributed by atoms with van der Waals surface area (Å²) in [4.78, 5) is 19.1. The molecule has 0 fully saturated rings. The summed E-state index contributed by atoms with van der Waals surface area (Å²) in [7, 11) is 0. The van der Waals surface area contributed by atoms with Gasteiger partial charge in [-0.1, -0.05) is 30.3 Å². The number of anilines is 2. The normalized spacial score (nSPS) is 11.6. The average Bonchev–Trinajstić information content (AvgIpc) is 2.93. The lowest BCUT2D eigenvalue weighted by Crippen LogP contribution is -1.95. The molecule has 0 aliphatic rings. The van der Waals surface area contributed by atoms with Crippen molar-refractivity contribution in [2.75, 3.05) is 11.5 Å². The first kappa shape index (κ1) is 20.3. The second-order valence-electron chi connectivity index (χ2n) is 8.85. The first-order valence-corrected chi connectivity index (χ1v) is 11.6. The number of hydrogen-bond acceptors (Lipinski definition) is 6. The Bertz CT molecular complexity index is 1840. The van der Waals surface area contributed by atoms with E-state index in [1.807, 2.05) is 66.7 Å². The highest BCUT2D eigenvalue weighted by molar-refractivity contribution is 6.10.